The number of nitrogens with one attached hydrogen (secondary N) is 1. The van der Waals surface area contributed by atoms with E-state index in [0.717, 1.165) is 11.0 Å². The number of para-hydroxylation sites is 2. The van der Waals surface area contributed by atoms with Crippen molar-refractivity contribution in [3.63, 3.8) is 0 Å². The summed E-state index contributed by atoms with van der Waals surface area (Å²) in [7, 11) is -3.70. The highest BCUT2D eigenvalue weighted by atomic mass is 32.2. The number of hydrogen-bond donors (Lipinski definition) is 1. The lowest BCUT2D eigenvalue weighted by Crippen LogP contribution is -2.24. The molecule has 1 aromatic carbocycles. The first-order valence-corrected chi connectivity index (χ1v) is 8.09. The lowest BCUT2D eigenvalue weighted by molar-refractivity contribution is 0.390. The molecule has 0 aliphatic carbocycles. The van der Waals surface area contributed by atoms with Gasteiger partial charge in [0.15, 0.2) is 5.76 Å². The zero-order valence-electron chi connectivity index (χ0n) is 12.1. The quantitative estimate of drug-likeness (QED) is 0.786. The second-order valence-electron chi connectivity index (χ2n) is 4.83. The fourth-order valence-electron chi connectivity index (χ4n) is 2.18. The van der Waals surface area contributed by atoms with Crippen LogP contribution in [0.25, 0.3) is 11.0 Å². The van der Waals surface area contributed by atoms with E-state index in [1.54, 1.807) is 20.0 Å². The number of fused-ring (bicyclic) bond motifs is 1. The van der Waals surface area contributed by atoms with Crippen LogP contribution in [0, 0.1) is 13.8 Å². The summed E-state index contributed by atoms with van der Waals surface area (Å²) in [5.41, 5.74) is 2.35. The molecule has 0 spiro atoms. The molecule has 0 aliphatic heterocycles. The molecule has 0 atom stereocenters. The van der Waals surface area contributed by atoms with E-state index in [1.165, 1.54) is 0 Å². The Balaban J connectivity index is 1.84. The molecule has 0 aliphatic rings. The minimum absolute atomic E-state index is 0.0459. The number of hydrogen-bond acceptors (Lipinski definition) is 6. The van der Waals surface area contributed by atoms with Gasteiger partial charge >= 0.3 is 0 Å². The summed E-state index contributed by atoms with van der Waals surface area (Å²) in [4.78, 5) is 8.70. The van der Waals surface area contributed by atoms with Crippen LogP contribution in [-0.4, -0.2) is 23.5 Å². The molecule has 114 valence electrons. The van der Waals surface area contributed by atoms with Gasteiger partial charge < -0.3 is 4.52 Å². The molecule has 0 radical (unpaired) electrons. The van der Waals surface area contributed by atoms with Crippen LogP contribution in [0.4, 0.5) is 0 Å². The number of benzene rings is 1. The molecule has 3 aromatic rings. The van der Waals surface area contributed by atoms with Gasteiger partial charge in [-0.2, -0.15) is 0 Å². The minimum Gasteiger partial charge on any atom is -0.360 e. The van der Waals surface area contributed by atoms with E-state index < -0.39 is 10.0 Å². The second kappa shape index (κ2) is 5.47. The van der Waals surface area contributed by atoms with E-state index in [2.05, 4.69) is 19.8 Å². The van der Waals surface area contributed by atoms with Crippen LogP contribution in [-0.2, 0) is 16.6 Å². The zero-order chi connectivity index (χ0) is 15.7. The number of aryl methyl sites for hydroxylation is 2. The maximum atomic E-state index is 12.3. The lowest BCUT2D eigenvalue weighted by Gasteiger charge is -2.06. The Hall–Kier alpha value is -2.32. The summed E-state index contributed by atoms with van der Waals surface area (Å²) in [6, 6.07) is 7.40. The molecule has 0 saturated carbocycles. The summed E-state index contributed by atoms with van der Waals surface area (Å²) in [5, 5.41) is 3.66. The maximum Gasteiger partial charge on any atom is 0.246 e. The normalized spacial score (nSPS) is 11.9. The largest absolute Gasteiger partial charge is 0.360 e. The first-order valence-electron chi connectivity index (χ1n) is 6.60. The fraction of sp³-hybridized carbons (Fsp3) is 0.214. The predicted molar refractivity (Wildman–Crippen MR) is 79.5 cm³/mol. The van der Waals surface area contributed by atoms with Gasteiger partial charge in [-0.1, -0.05) is 17.3 Å². The van der Waals surface area contributed by atoms with Crippen molar-refractivity contribution >= 4 is 21.1 Å². The number of sulfonamides is 1. The van der Waals surface area contributed by atoms with Gasteiger partial charge in [-0.05, 0) is 26.0 Å². The Kier molecular flexibility index (Phi) is 3.63. The third kappa shape index (κ3) is 2.70. The molecule has 7 nitrogen and oxygen atoms in total. The van der Waals surface area contributed by atoms with Crippen molar-refractivity contribution in [2.24, 2.45) is 0 Å². The van der Waals surface area contributed by atoms with Gasteiger partial charge in [0.05, 0.1) is 29.5 Å². The van der Waals surface area contributed by atoms with E-state index in [0.29, 0.717) is 11.4 Å². The molecule has 0 fully saturated rings. The van der Waals surface area contributed by atoms with Crippen molar-refractivity contribution < 1.29 is 12.9 Å². The molecule has 2 aromatic heterocycles. The number of aromatic nitrogens is 3. The molecular formula is C14H14N4O3S. The Morgan fingerprint density at radius 2 is 1.91 bits per heavy atom. The van der Waals surface area contributed by atoms with Crippen molar-refractivity contribution in [1.82, 2.24) is 19.8 Å². The fourth-order valence-corrected chi connectivity index (χ4v) is 3.50. The molecular weight excluding hydrogens is 304 g/mol. The van der Waals surface area contributed by atoms with Crippen LogP contribution in [0.1, 0.15) is 17.1 Å². The molecule has 0 bridgehead atoms. The van der Waals surface area contributed by atoms with Gasteiger partial charge in [-0.25, -0.2) is 18.1 Å². The van der Waals surface area contributed by atoms with Crippen LogP contribution in [0.2, 0.25) is 0 Å². The van der Waals surface area contributed by atoms with Crippen molar-refractivity contribution in [3.05, 3.63) is 47.6 Å². The maximum absolute atomic E-state index is 12.3. The molecule has 0 amide bonds. The molecule has 22 heavy (non-hydrogen) atoms. The van der Waals surface area contributed by atoms with E-state index in [-0.39, 0.29) is 17.2 Å². The average molecular weight is 318 g/mol. The monoisotopic (exact) mass is 318 g/mol. The summed E-state index contributed by atoms with van der Waals surface area (Å²) in [5.74, 6) is 0.259. The van der Waals surface area contributed by atoms with Crippen LogP contribution < -0.4 is 4.72 Å². The van der Waals surface area contributed by atoms with Crippen LogP contribution in [0.5, 0.6) is 0 Å². The smallest absolute Gasteiger partial charge is 0.246 e. The number of rotatable bonds is 4. The standard InChI is InChI=1S/C14H14N4O3S/c1-9-14(10(2)21-18-9)22(19,20)16-8-11-7-15-12-5-3-4-6-13(12)17-11/h3-7,16H,8H2,1-2H3. The zero-order valence-corrected chi connectivity index (χ0v) is 12.9. The van der Waals surface area contributed by atoms with Crippen molar-refractivity contribution in [1.29, 1.82) is 0 Å². The Morgan fingerprint density at radius 3 is 2.59 bits per heavy atom. The number of nitrogens with zero attached hydrogens (tertiary/aromatic N) is 3. The SMILES string of the molecule is Cc1noc(C)c1S(=O)(=O)NCc1cnc2ccccc2n1. The molecule has 2 heterocycles. The van der Waals surface area contributed by atoms with Gasteiger partial charge in [-0.3, -0.25) is 4.98 Å². The summed E-state index contributed by atoms with van der Waals surface area (Å²) < 4.78 is 32.0. The first kappa shape index (κ1) is 14.6. The van der Waals surface area contributed by atoms with Crippen molar-refractivity contribution in [2.75, 3.05) is 0 Å². The third-order valence-electron chi connectivity index (χ3n) is 3.18. The topological polar surface area (TPSA) is 98.0 Å². The summed E-state index contributed by atoms with van der Waals surface area (Å²) in [6.07, 6.45) is 1.55. The van der Waals surface area contributed by atoms with Crippen LogP contribution >= 0.6 is 0 Å². The van der Waals surface area contributed by atoms with E-state index in [4.69, 9.17) is 4.52 Å². The second-order valence-corrected chi connectivity index (χ2v) is 6.53. The van der Waals surface area contributed by atoms with Gasteiger partial charge in [0.25, 0.3) is 0 Å². The predicted octanol–water partition coefficient (Wildman–Crippen LogP) is 1.71. The summed E-state index contributed by atoms with van der Waals surface area (Å²) in [6.45, 7) is 3.19. The van der Waals surface area contributed by atoms with E-state index in [9.17, 15) is 8.42 Å². The first-order chi connectivity index (χ1) is 10.5. The lowest BCUT2D eigenvalue weighted by atomic mass is 10.3. The molecule has 1 N–H and O–H groups in total. The van der Waals surface area contributed by atoms with Gasteiger partial charge in [0.1, 0.15) is 10.6 Å². The molecule has 0 unspecified atom stereocenters. The van der Waals surface area contributed by atoms with Crippen LogP contribution in [0.3, 0.4) is 0 Å². The Labute approximate surface area is 127 Å². The highest BCUT2D eigenvalue weighted by molar-refractivity contribution is 7.89. The molecule has 0 saturated heterocycles. The van der Waals surface area contributed by atoms with Gasteiger partial charge in [-0.15, -0.1) is 0 Å². The Morgan fingerprint density at radius 1 is 1.18 bits per heavy atom. The van der Waals surface area contributed by atoms with E-state index in [1.807, 2.05) is 24.3 Å². The Bertz CT molecular complexity index is 915. The molecule has 3 rings (SSSR count). The highest BCUT2D eigenvalue weighted by Gasteiger charge is 2.23. The molecule has 8 heteroatoms. The van der Waals surface area contributed by atoms with Gasteiger partial charge in [0.2, 0.25) is 10.0 Å². The van der Waals surface area contributed by atoms with Crippen LogP contribution in [0.15, 0.2) is 39.9 Å². The minimum atomic E-state index is -3.70. The highest BCUT2D eigenvalue weighted by Crippen LogP contribution is 2.18. The average Bonchev–Trinajstić information content (AvgIpc) is 2.85. The van der Waals surface area contributed by atoms with Crippen molar-refractivity contribution in [3.8, 4) is 0 Å². The summed E-state index contributed by atoms with van der Waals surface area (Å²) >= 11 is 0. The van der Waals surface area contributed by atoms with Crippen molar-refractivity contribution in [2.45, 2.75) is 25.3 Å². The van der Waals surface area contributed by atoms with E-state index >= 15 is 0 Å². The third-order valence-corrected chi connectivity index (χ3v) is 4.82. The van der Waals surface area contributed by atoms with Gasteiger partial charge in [0, 0.05) is 0 Å².